The molecule has 0 fully saturated rings. The van der Waals surface area contributed by atoms with E-state index < -0.39 is 0 Å². The SMILES string of the molecule is CCC(C)N(CC)C(=O)c1cc(Br)ccc1Cl. The third-order valence-corrected chi connectivity index (χ3v) is 3.71. The van der Waals surface area contributed by atoms with E-state index in [1.165, 1.54) is 0 Å². The molecule has 17 heavy (non-hydrogen) atoms. The molecule has 0 N–H and O–H groups in total. The first-order valence-corrected chi connectivity index (χ1v) is 6.94. The topological polar surface area (TPSA) is 20.3 Å². The van der Waals surface area contributed by atoms with Gasteiger partial charge < -0.3 is 4.90 Å². The van der Waals surface area contributed by atoms with Crippen molar-refractivity contribution in [3.05, 3.63) is 33.3 Å². The van der Waals surface area contributed by atoms with E-state index in [0.29, 0.717) is 17.1 Å². The van der Waals surface area contributed by atoms with E-state index in [2.05, 4.69) is 22.9 Å². The highest BCUT2D eigenvalue weighted by Gasteiger charge is 2.20. The average molecular weight is 319 g/mol. The molecule has 4 heteroatoms. The lowest BCUT2D eigenvalue weighted by Crippen LogP contribution is -2.38. The molecule has 0 aliphatic rings. The van der Waals surface area contributed by atoms with Crippen molar-refractivity contribution < 1.29 is 4.79 Å². The van der Waals surface area contributed by atoms with Crippen LogP contribution in [0.2, 0.25) is 5.02 Å². The lowest BCUT2D eigenvalue weighted by atomic mass is 10.1. The Morgan fingerprint density at radius 3 is 2.65 bits per heavy atom. The van der Waals surface area contributed by atoms with E-state index in [-0.39, 0.29) is 11.9 Å². The fourth-order valence-electron chi connectivity index (χ4n) is 1.69. The summed E-state index contributed by atoms with van der Waals surface area (Å²) < 4.78 is 0.866. The molecule has 1 unspecified atom stereocenters. The molecular weight excluding hydrogens is 302 g/mol. The summed E-state index contributed by atoms with van der Waals surface area (Å²) in [5.41, 5.74) is 0.559. The molecule has 1 rings (SSSR count). The van der Waals surface area contributed by atoms with E-state index in [0.717, 1.165) is 10.9 Å². The average Bonchev–Trinajstić information content (AvgIpc) is 2.32. The third kappa shape index (κ3) is 3.46. The van der Waals surface area contributed by atoms with Gasteiger partial charge in [-0.1, -0.05) is 34.5 Å². The Morgan fingerprint density at radius 1 is 1.47 bits per heavy atom. The van der Waals surface area contributed by atoms with Gasteiger partial charge in [-0.3, -0.25) is 4.79 Å². The Hall–Kier alpha value is -0.540. The quantitative estimate of drug-likeness (QED) is 0.807. The zero-order valence-electron chi connectivity index (χ0n) is 10.3. The van der Waals surface area contributed by atoms with Crippen LogP contribution in [0.25, 0.3) is 0 Å². The summed E-state index contributed by atoms with van der Waals surface area (Å²) in [6, 6.07) is 5.57. The molecule has 1 amide bonds. The number of hydrogen-bond donors (Lipinski definition) is 0. The van der Waals surface area contributed by atoms with Gasteiger partial charge in [0.15, 0.2) is 0 Å². The molecule has 0 aromatic heterocycles. The van der Waals surface area contributed by atoms with Gasteiger partial charge >= 0.3 is 0 Å². The van der Waals surface area contributed by atoms with Gasteiger partial charge in [-0.2, -0.15) is 0 Å². The van der Waals surface area contributed by atoms with Crippen molar-refractivity contribution in [2.45, 2.75) is 33.2 Å². The van der Waals surface area contributed by atoms with E-state index >= 15 is 0 Å². The number of halogens is 2. The number of nitrogens with zero attached hydrogens (tertiary/aromatic N) is 1. The second-order valence-electron chi connectivity index (χ2n) is 3.97. The van der Waals surface area contributed by atoms with Crippen LogP contribution < -0.4 is 0 Å². The van der Waals surface area contributed by atoms with Crippen molar-refractivity contribution >= 4 is 33.4 Å². The molecule has 0 radical (unpaired) electrons. The molecule has 1 aromatic carbocycles. The third-order valence-electron chi connectivity index (χ3n) is 2.88. The lowest BCUT2D eigenvalue weighted by molar-refractivity contribution is 0.0700. The summed E-state index contributed by atoms with van der Waals surface area (Å²) in [5.74, 6) is -0.00634. The Balaban J connectivity index is 3.05. The largest absolute Gasteiger partial charge is 0.336 e. The zero-order chi connectivity index (χ0) is 13.0. The molecule has 2 nitrogen and oxygen atoms in total. The van der Waals surface area contributed by atoms with Gasteiger partial charge in [-0.25, -0.2) is 0 Å². The summed E-state index contributed by atoms with van der Waals surface area (Å²) in [6.45, 7) is 6.79. The number of hydrogen-bond acceptors (Lipinski definition) is 1. The van der Waals surface area contributed by atoms with Crippen LogP contribution in [0.1, 0.15) is 37.6 Å². The summed E-state index contributed by atoms with van der Waals surface area (Å²) in [7, 11) is 0. The van der Waals surface area contributed by atoms with Crippen LogP contribution in [0.4, 0.5) is 0 Å². The van der Waals surface area contributed by atoms with Gasteiger partial charge in [0.1, 0.15) is 0 Å². The van der Waals surface area contributed by atoms with E-state index in [1.807, 2.05) is 24.8 Å². The van der Waals surface area contributed by atoms with Gasteiger partial charge in [-0.15, -0.1) is 0 Å². The molecule has 0 aliphatic carbocycles. The second-order valence-corrected chi connectivity index (χ2v) is 5.30. The van der Waals surface area contributed by atoms with Gasteiger partial charge in [0.2, 0.25) is 0 Å². The number of benzene rings is 1. The predicted molar refractivity (Wildman–Crippen MR) is 75.6 cm³/mol. The highest BCUT2D eigenvalue weighted by atomic mass is 79.9. The van der Waals surface area contributed by atoms with Crippen molar-refractivity contribution in [3.8, 4) is 0 Å². The molecule has 1 aromatic rings. The second kappa shape index (κ2) is 6.41. The molecule has 0 bridgehead atoms. The standard InChI is InChI=1S/C13H17BrClNO/c1-4-9(3)16(5-2)13(17)11-8-10(14)6-7-12(11)15/h6-9H,4-5H2,1-3H3. The molecule has 0 aliphatic heterocycles. The molecule has 0 heterocycles. The van der Waals surface area contributed by atoms with Crippen molar-refractivity contribution in [2.75, 3.05) is 6.54 Å². The Labute approximate surface area is 116 Å². The summed E-state index contributed by atoms with van der Waals surface area (Å²) in [6.07, 6.45) is 0.936. The van der Waals surface area contributed by atoms with Crippen molar-refractivity contribution in [1.82, 2.24) is 4.90 Å². The monoisotopic (exact) mass is 317 g/mol. The fourth-order valence-corrected chi connectivity index (χ4v) is 2.25. The molecule has 0 saturated carbocycles. The Morgan fingerprint density at radius 2 is 2.12 bits per heavy atom. The van der Waals surface area contributed by atoms with Crippen LogP contribution in [0.5, 0.6) is 0 Å². The number of rotatable bonds is 4. The summed E-state index contributed by atoms with van der Waals surface area (Å²) in [4.78, 5) is 14.2. The summed E-state index contributed by atoms with van der Waals surface area (Å²) >= 11 is 9.43. The van der Waals surface area contributed by atoms with Crippen LogP contribution >= 0.6 is 27.5 Å². The van der Waals surface area contributed by atoms with Gasteiger partial charge in [0.05, 0.1) is 10.6 Å². The lowest BCUT2D eigenvalue weighted by Gasteiger charge is -2.27. The first-order valence-electron chi connectivity index (χ1n) is 5.77. The molecular formula is C13H17BrClNO. The summed E-state index contributed by atoms with van der Waals surface area (Å²) in [5, 5.41) is 0.500. The van der Waals surface area contributed by atoms with Crippen LogP contribution in [0, 0.1) is 0 Å². The maximum absolute atomic E-state index is 12.4. The smallest absolute Gasteiger partial charge is 0.255 e. The first kappa shape index (κ1) is 14.5. The molecule has 0 spiro atoms. The Bertz CT molecular complexity index is 408. The minimum Gasteiger partial charge on any atom is -0.336 e. The van der Waals surface area contributed by atoms with E-state index in [4.69, 9.17) is 11.6 Å². The van der Waals surface area contributed by atoms with Gasteiger partial charge in [0.25, 0.3) is 5.91 Å². The van der Waals surface area contributed by atoms with E-state index in [1.54, 1.807) is 12.1 Å². The normalized spacial score (nSPS) is 12.3. The van der Waals surface area contributed by atoms with Crippen molar-refractivity contribution in [1.29, 1.82) is 0 Å². The Kier molecular flexibility index (Phi) is 5.47. The fraction of sp³-hybridized carbons (Fsp3) is 0.462. The van der Waals surface area contributed by atoms with Gasteiger partial charge in [0, 0.05) is 17.1 Å². The van der Waals surface area contributed by atoms with E-state index in [9.17, 15) is 4.79 Å². The van der Waals surface area contributed by atoms with Crippen molar-refractivity contribution in [2.24, 2.45) is 0 Å². The number of carbonyl (C=O) groups is 1. The molecule has 0 saturated heterocycles. The maximum atomic E-state index is 12.4. The highest BCUT2D eigenvalue weighted by Crippen LogP contribution is 2.23. The zero-order valence-corrected chi connectivity index (χ0v) is 12.7. The van der Waals surface area contributed by atoms with Gasteiger partial charge in [-0.05, 0) is 38.5 Å². The van der Waals surface area contributed by atoms with Crippen LogP contribution in [0.15, 0.2) is 22.7 Å². The van der Waals surface area contributed by atoms with Crippen LogP contribution in [0.3, 0.4) is 0 Å². The number of carbonyl (C=O) groups excluding carboxylic acids is 1. The number of amides is 1. The highest BCUT2D eigenvalue weighted by molar-refractivity contribution is 9.10. The van der Waals surface area contributed by atoms with Crippen LogP contribution in [-0.4, -0.2) is 23.4 Å². The molecule has 1 atom stereocenters. The minimum absolute atomic E-state index is 0.00634. The predicted octanol–water partition coefficient (Wildman–Crippen LogP) is 4.36. The molecule has 94 valence electrons. The van der Waals surface area contributed by atoms with Crippen molar-refractivity contribution in [3.63, 3.8) is 0 Å². The minimum atomic E-state index is -0.00634. The van der Waals surface area contributed by atoms with Crippen LogP contribution in [-0.2, 0) is 0 Å². The maximum Gasteiger partial charge on any atom is 0.255 e. The first-order chi connectivity index (χ1) is 8.01.